The average Bonchev–Trinajstić information content (AvgIpc) is 2.87. The molecule has 2 aliphatic rings. The van der Waals surface area contributed by atoms with Crippen molar-refractivity contribution in [2.24, 2.45) is 0 Å². The van der Waals surface area contributed by atoms with Gasteiger partial charge in [-0.05, 0) is 52.5 Å². The zero-order chi connectivity index (χ0) is 24.2. The smallest absolute Gasteiger partial charge is 0.397 e. The maximum absolute atomic E-state index is 6.01. The summed E-state index contributed by atoms with van der Waals surface area (Å²) in [6.07, 6.45) is 0. The molecular weight excluding hydrogens is 478 g/mol. The van der Waals surface area contributed by atoms with Gasteiger partial charge >= 0.3 is 17.2 Å². The van der Waals surface area contributed by atoms with Crippen molar-refractivity contribution < 1.29 is 27.1 Å². The summed E-state index contributed by atoms with van der Waals surface area (Å²) in [6, 6.07) is 7.43. The molecule has 34 heavy (non-hydrogen) atoms. The van der Waals surface area contributed by atoms with E-state index >= 15 is 0 Å². The summed E-state index contributed by atoms with van der Waals surface area (Å²) >= 11 is 0. The van der Waals surface area contributed by atoms with E-state index in [0.29, 0.717) is 37.9 Å². The van der Waals surface area contributed by atoms with Gasteiger partial charge in [0.2, 0.25) is 0 Å². The molecule has 12 heteroatoms. The largest absolute Gasteiger partial charge is 0.427 e. The maximum atomic E-state index is 6.01. The van der Waals surface area contributed by atoms with E-state index in [1.54, 1.807) is 0 Å². The molecule has 0 aromatic heterocycles. The van der Waals surface area contributed by atoms with E-state index in [2.05, 4.69) is 47.8 Å². The summed E-state index contributed by atoms with van der Waals surface area (Å²) in [4.78, 5) is 9.02. The highest BCUT2D eigenvalue weighted by atomic mass is 31.2. The quantitative estimate of drug-likeness (QED) is 0.556. The molecule has 2 aliphatic heterocycles. The second-order valence-electron chi connectivity index (χ2n) is 8.65. The van der Waals surface area contributed by atoms with Crippen LogP contribution in [0.3, 0.4) is 0 Å². The molecule has 2 fully saturated rings. The fourth-order valence-corrected chi connectivity index (χ4v) is 5.00. The van der Waals surface area contributed by atoms with Gasteiger partial charge in [-0.3, -0.25) is 0 Å². The number of hydrogen-bond acceptors (Lipinski definition) is 10. The number of nitrogens with zero attached hydrogens (tertiary/aromatic N) is 4. The molecule has 2 saturated heterocycles. The van der Waals surface area contributed by atoms with E-state index in [0.717, 1.165) is 52.4 Å². The highest BCUT2D eigenvalue weighted by Gasteiger charge is 2.19. The molecule has 3 rings (SSSR count). The standard InChI is InChI=1S/C22H40N4O6P2/c1-23-9-10-24(2)14-18-28-33(27-17-13-23)31-21-5-7-22(8-6-21)32-34-29-19-15-25(3)11-12-26(4)16-20-30-34/h5-8H,9-20H2,1-4H3. The van der Waals surface area contributed by atoms with Crippen molar-refractivity contribution in [2.75, 3.05) is 107 Å². The van der Waals surface area contributed by atoms with Crippen molar-refractivity contribution in [1.82, 2.24) is 19.6 Å². The fourth-order valence-electron chi connectivity index (χ4n) is 3.13. The lowest BCUT2D eigenvalue weighted by atomic mass is 10.3. The second kappa shape index (κ2) is 15.5. The average molecular weight is 519 g/mol. The minimum Gasteiger partial charge on any atom is -0.427 e. The summed E-state index contributed by atoms with van der Waals surface area (Å²) in [7, 11) is 5.47. The van der Waals surface area contributed by atoms with Gasteiger partial charge in [0.05, 0.1) is 26.4 Å². The monoisotopic (exact) mass is 518 g/mol. The van der Waals surface area contributed by atoms with Crippen LogP contribution in [0.1, 0.15) is 0 Å². The summed E-state index contributed by atoms with van der Waals surface area (Å²) in [5.41, 5.74) is 0. The normalized spacial score (nSPS) is 23.6. The van der Waals surface area contributed by atoms with Gasteiger partial charge in [-0.1, -0.05) is 0 Å². The van der Waals surface area contributed by atoms with E-state index in [-0.39, 0.29) is 0 Å². The Morgan fingerprint density at radius 1 is 0.500 bits per heavy atom. The van der Waals surface area contributed by atoms with Gasteiger partial charge < -0.3 is 46.7 Å². The van der Waals surface area contributed by atoms with Crippen LogP contribution < -0.4 is 9.05 Å². The number of rotatable bonds is 4. The third-order valence-corrected chi connectivity index (χ3v) is 7.88. The number of likely N-dealkylation sites (N-methyl/N-ethyl adjacent to an activating group) is 4. The Morgan fingerprint density at radius 3 is 1.03 bits per heavy atom. The van der Waals surface area contributed by atoms with Crippen LogP contribution in [0.25, 0.3) is 0 Å². The van der Waals surface area contributed by atoms with Crippen molar-refractivity contribution in [2.45, 2.75) is 0 Å². The third-order valence-electron chi connectivity index (χ3n) is 5.59. The van der Waals surface area contributed by atoms with Crippen LogP contribution in [0.2, 0.25) is 0 Å². The molecule has 0 saturated carbocycles. The molecule has 0 radical (unpaired) electrons. The van der Waals surface area contributed by atoms with E-state index in [9.17, 15) is 0 Å². The Labute approximate surface area is 206 Å². The van der Waals surface area contributed by atoms with E-state index in [1.165, 1.54) is 0 Å². The van der Waals surface area contributed by atoms with Crippen LogP contribution in [0, 0.1) is 0 Å². The Balaban J connectivity index is 1.51. The van der Waals surface area contributed by atoms with Crippen molar-refractivity contribution in [1.29, 1.82) is 0 Å². The molecule has 0 atom stereocenters. The molecule has 2 heterocycles. The number of hydrogen-bond donors (Lipinski definition) is 0. The lowest BCUT2D eigenvalue weighted by Gasteiger charge is -2.20. The van der Waals surface area contributed by atoms with Crippen LogP contribution in [-0.4, -0.2) is 127 Å². The molecule has 0 amide bonds. The summed E-state index contributed by atoms with van der Waals surface area (Å²) < 4.78 is 35.6. The lowest BCUT2D eigenvalue weighted by Crippen LogP contribution is -2.33. The Morgan fingerprint density at radius 2 is 0.765 bits per heavy atom. The van der Waals surface area contributed by atoms with Crippen molar-refractivity contribution in [3.8, 4) is 11.5 Å². The van der Waals surface area contributed by atoms with Gasteiger partial charge in [0.1, 0.15) is 11.5 Å². The maximum Gasteiger partial charge on any atom is 0.397 e. The first kappa shape index (κ1) is 27.9. The molecule has 0 N–H and O–H groups in total. The predicted molar refractivity (Wildman–Crippen MR) is 135 cm³/mol. The van der Waals surface area contributed by atoms with Crippen LogP contribution in [0.4, 0.5) is 0 Å². The highest BCUT2D eigenvalue weighted by Crippen LogP contribution is 2.43. The van der Waals surface area contributed by atoms with Gasteiger partial charge in [-0.25, -0.2) is 0 Å². The number of benzene rings is 1. The SMILES string of the molecule is CN1CCOP(Oc2ccc(OP3OCCN(C)CCN(C)CCO3)cc2)OCCN(C)CC1. The van der Waals surface area contributed by atoms with E-state index in [4.69, 9.17) is 27.1 Å². The molecule has 0 bridgehead atoms. The summed E-state index contributed by atoms with van der Waals surface area (Å²) in [5, 5.41) is 0. The van der Waals surface area contributed by atoms with Gasteiger partial charge in [-0.15, -0.1) is 0 Å². The van der Waals surface area contributed by atoms with E-state index < -0.39 is 17.2 Å². The molecular formula is C22H40N4O6P2. The predicted octanol–water partition coefficient (Wildman–Crippen LogP) is 2.72. The van der Waals surface area contributed by atoms with Crippen LogP contribution in [-0.2, 0) is 18.1 Å². The van der Waals surface area contributed by atoms with Gasteiger partial charge in [0.15, 0.2) is 0 Å². The van der Waals surface area contributed by atoms with Gasteiger partial charge in [-0.2, -0.15) is 0 Å². The molecule has 0 unspecified atom stereocenters. The molecule has 1 aromatic carbocycles. The van der Waals surface area contributed by atoms with E-state index in [1.807, 2.05) is 24.3 Å². The minimum atomic E-state index is -1.47. The van der Waals surface area contributed by atoms with Crippen LogP contribution in [0.15, 0.2) is 24.3 Å². The molecule has 0 aliphatic carbocycles. The highest BCUT2D eigenvalue weighted by molar-refractivity contribution is 7.42. The fraction of sp³-hybridized carbons (Fsp3) is 0.727. The minimum absolute atomic E-state index is 0.566. The first-order chi connectivity index (χ1) is 16.5. The van der Waals surface area contributed by atoms with Crippen molar-refractivity contribution >= 4 is 17.2 Å². The molecule has 194 valence electrons. The topological polar surface area (TPSA) is 68.3 Å². The van der Waals surface area contributed by atoms with Crippen LogP contribution >= 0.6 is 17.2 Å². The lowest BCUT2D eigenvalue weighted by molar-refractivity contribution is 0.185. The zero-order valence-electron chi connectivity index (χ0n) is 20.9. The zero-order valence-corrected chi connectivity index (χ0v) is 22.7. The Bertz CT molecular complexity index is 603. The van der Waals surface area contributed by atoms with Crippen molar-refractivity contribution in [3.05, 3.63) is 24.3 Å². The first-order valence-corrected chi connectivity index (χ1v) is 14.0. The van der Waals surface area contributed by atoms with Gasteiger partial charge in [0.25, 0.3) is 0 Å². The van der Waals surface area contributed by atoms with Gasteiger partial charge in [0, 0.05) is 52.4 Å². The second-order valence-corrected chi connectivity index (χ2v) is 10.9. The Kier molecular flexibility index (Phi) is 12.7. The molecule has 1 aromatic rings. The van der Waals surface area contributed by atoms with Crippen molar-refractivity contribution in [3.63, 3.8) is 0 Å². The first-order valence-electron chi connectivity index (χ1n) is 11.8. The molecule has 10 nitrogen and oxygen atoms in total. The Hall–Kier alpha value is -0.640. The summed E-state index contributed by atoms with van der Waals surface area (Å²) in [5.74, 6) is 1.35. The molecule has 0 spiro atoms. The summed E-state index contributed by atoms with van der Waals surface area (Å²) in [6.45, 7) is 9.62. The third kappa shape index (κ3) is 11.0. The van der Waals surface area contributed by atoms with Crippen LogP contribution in [0.5, 0.6) is 11.5 Å².